The van der Waals surface area contributed by atoms with Gasteiger partial charge in [-0.05, 0) is 55.2 Å². The van der Waals surface area contributed by atoms with Gasteiger partial charge in [-0.25, -0.2) is 0 Å². The Morgan fingerprint density at radius 1 is 0.968 bits per heavy atom. The Labute approximate surface area is 182 Å². The van der Waals surface area contributed by atoms with Gasteiger partial charge in [0.15, 0.2) is 6.23 Å². The second-order valence-electron chi connectivity index (χ2n) is 7.77. The number of hydrogen-bond donors (Lipinski definition) is 1. The second-order valence-corrected chi connectivity index (χ2v) is 7.77. The van der Waals surface area contributed by atoms with Gasteiger partial charge in [0.2, 0.25) is 5.91 Å². The van der Waals surface area contributed by atoms with Crippen LogP contribution in [0.3, 0.4) is 0 Å². The summed E-state index contributed by atoms with van der Waals surface area (Å²) in [6.07, 6.45) is -0.569. The van der Waals surface area contributed by atoms with Gasteiger partial charge in [0.1, 0.15) is 17.4 Å². The zero-order valence-electron chi connectivity index (χ0n) is 18.3. The summed E-state index contributed by atoms with van der Waals surface area (Å²) in [7, 11) is 3.22. The van der Waals surface area contributed by atoms with Crippen LogP contribution in [-0.2, 0) is 27.2 Å². The number of aliphatic hydroxyl groups excluding tert-OH is 1. The highest BCUT2D eigenvalue weighted by Gasteiger charge is 2.54. The molecule has 0 aromatic heterocycles. The lowest BCUT2D eigenvalue weighted by Gasteiger charge is -2.50. The maximum absolute atomic E-state index is 13.0. The highest BCUT2D eigenvalue weighted by atomic mass is 16.6. The van der Waals surface area contributed by atoms with E-state index in [0.29, 0.717) is 12.8 Å². The topological polar surface area (TPSA) is 85.3 Å². The summed E-state index contributed by atoms with van der Waals surface area (Å²) < 4.78 is 15.9. The number of rotatable bonds is 9. The number of hydrogen-bond acceptors (Lipinski definition) is 6. The van der Waals surface area contributed by atoms with E-state index in [0.717, 1.165) is 22.6 Å². The molecule has 7 heteroatoms. The molecule has 0 radical (unpaired) electrons. The van der Waals surface area contributed by atoms with E-state index in [2.05, 4.69) is 0 Å². The van der Waals surface area contributed by atoms with Crippen molar-refractivity contribution in [3.63, 3.8) is 0 Å². The molecular weight excluding hydrogens is 398 g/mol. The van der Waals surface area contributed by atoms with E-state index in [4.69, 9.17) is 14.2 Å². The highest BCUT2D eigenvalue weighted by molar-refractivity contribution is 5.87. The van der Waals surface area contributed by atoms with Crippen LogP contribution in [0.25, 0.3) is 0 Å². The number of ether oxygens (including phenoxy) is 3. The normalized spacial score (nSPS) is 19.0. The molecule has 1 aliphatic rings. The predicted octanol–water partition coefficient (Wildman–Crippen LogP) is 2.59. The largest absolute Gasteiger partial charge is 0.497 e. The minimum atomic E-state index is -0.907. The van der Waals surface area contributed by atoms with E-state index in [1.54, 1.807) is 26.0 Å². The Bertz CT molecular complexity index is 844. The fourth-order valence-corrected chi connectivity index (χ4v) is 3.98. The van der Waals surface area contributed by atoms with Crippen molar-refractivity contribution in [2.75, 3.05) is 14.2 Å². The average molecular weight is 427 g/mol. The van der Waals surface area contributed by atoms with Crippen molar-refractivity contribution in [3.8, 4) is 11.5 Å². The molecular formula is C24H29NO6. The monoisotopic (exact) mass is 427 g/mol. The lowest BCUT2D eigenvalue weighted by atomic mass is 9.85. The molecule has 3 rings (SSSR count). The fourth-order valence-electron chi connectivity index (χ4n) is 3.98. The third kappa shape index (κ3) is 5.17. The van der Waals surface area contributed by atoms with E-state index in [1.807, 2.05) is 48.5 Å². The predicted molar refractivity (Wildman–Crippen MR) is 115 cm³/mol. The van der Waals surface area contributed by atoms with Crippen LogP contribution >= 0.6 is 0 Å². The van der Waals surface area contributed by atoms with Crippen molar-refractivity contribution in [1.82, 2.24) is 4.90 Å². The molecule has 166 valence electrons. The average Bonchev–Trinajstić information content (AvgIpc) is 2.74. The van der Waals surface area contributed by atoms with Crippen LogP contribution in [0.15, 0.2) is 48.5 Å². The van der Waals surface area contributed by atoms with Crippen LogP contribution in [0.2, 0.25) is 0 Å². The minimum Gasteiger partial charge on any atom is -0.497 e. The first-order valence-corrected chi connectivity index (χ1v) is 10.3. The smallest absolute Gasteiger partial charge is 0.304 e. The lowest BCUT2D eigenvalue weighted by molar-refractivity contribution is -0.213. The van der Waals surface area contributed by atoms with Crippen molar-refractivity contribution in [3.05, 3.63) is 59.7 Å². The third-order valence-corrected chi connectivity index (χ3v) is 5.58. The van der Waals surface area contributed by atoms with Gasteiger partial charge >= 0.3 is 5.97 Å². The van der Waals surface area contributed by atoms with Crippen LogP contribution in [0, 0.1) is 5.92 Å². The molecule has 1 saturated heterocycles. The molecule has 1 N–H and O–H groups in total. The molecule has 0 unspecified atom stereocenters. The van der Waals surface area contributed by atoms with E-state index < -0.39 is 24.2 Å². The molecule has 1 amide bonds. The number of β-lactam (4-membered cyclic amide) rings is 1. The number of carbonyl (C=O) groups excluding carboxylic acids is 2. The number of aliphatic hydroxyl groups is 1. The van der Waals surface area contributed by atoms with Gasteiger partial charge in [0, 0.05) is 13.0 Å². The van der Waals surface area contributed by atoms with Gasteiger partial charge in [-0.2, -0.15) is 0 Å². The van der Waals surface area contributed by atoms with Crippen LogP contribution in [0.1, 0.15) is 25.0 Å². The van der Waals surface area contributed by atoms with E-state index in [9.17, 15) is 14.7 Å². The molecule has 0 bridgehead atoms. The SMILES string of the molecule is COc1ccc(CC(Cc2ccc(OC)cc2)N2C(=O)[C@H]([C@@H](C)O)[C@@H]2OC(C)=O)cc1. The lowest BCUT2D eigenvalue weighted by Crippen LogP contribution is -2.69. The zero-order valence-corrected chi connectivity index (χ0v) is 18.3. The maximum Gasteiger partial charge on any atom is 0.304 e. The molecule has 0 saturated carbocycles. The van der Waals surface area contributed by atoms with Crippen LogP contribution in [-0.4, -0.2) is 54.5 Å². The first kappa shape index (κ1) is 22.6. The summed E-state index contributed by atoms with van der Waals surface area (Å²) in [4.78, 5) is 26.2. The summed E-state index contributed by atoms with van der Waals surface area (Å²) in [6.45, 7) is 2.85. The Hall–Kier alpha value is -3.06. The molecule has 0 aliphatic carbocycles. The summed E-state index contributed by atoms with van der Waals surface area (Å²) in [6, 6.07) is 15.1. The summed E-state index contributed by atoms with van der Waals surface area (Å²) in [5.74, 6) is 0.0529. The minimum absolute atomic E-state index is 0.215. The number of esters is 1. The molecule has 7 nitrogen and oxygen atoms in total. The Balaban J connectivity index is 1.88. The van der Waals surface area contributed by atoms with E-state index >= 15 is 0 Å². The molecule has 1 fully saturated rings. The maximum atomic E-state index is 13.0. The third-order valence-electron chi connectivity index (χ3n) is 5.58. The molecule has 1 aliphatic heterocycles. The van der Waals surface area contributed by atoms with Gasteiger partial charge in [-0.3, -0.25) is 9.59 Å². The van der Waals surface area contributed by atoms with Crippen molar-refractivity contribution < 1.29 is 28.9 Å². The summed E-state index contributed by atoms with van der Waals surface area (Å²) in [5.41, 5.74) is 2.04. The Morgan fingerprint density at radius 2 is 1.42 bits per heavy atom. The number of carbonyl (C=O) groups is 2. The van der Waals surface area contributed by atoms with Gasteiger partial charge in [0.05, 0.1) is 20.3 Å². The Morgan fingerprint density at radius 3 is 1.77 bits per heavy atom. The van der Waals surface area contributed by atoms with Crippen LogP contribution < -0.4 is 9.47 Å². The molecule has 31 heavy (non-hydrogen) atoms. The van der Waals surface area contributed by atoms with E-state index in [-0.39, 0.29) is 11.9 Å². The van der Waals surface area contributed by atoms with Gasteiger partial charge < -0.3 is 24.2 Å². The summed E-state index contributed by atoms with van der Waals surface area (Å²) in [5, 5.41) is 10.1. The van der Waals surface area contributed by atoms with Crippen LogP contribution in [0.4, 0.5) is 0 Å². The zero-order chi connectivity index (χ0) is 22.5. The van der Waals surface area contributed by atoms with Gasteiger partial charge in [-0.15, -0.1) is 0 Å². The molecule has 2 aromatic rings. The van der Waals surface area contributed by atoms with Crippen molar-refractivity contribution >= 4 is 11.9 Å². The standard InChI is InChI=1S/C24H29NO6/c1-15(26)22-23(28)25(24(22)31-16(2)27)19(13-17-5-9-20(29-3)10-6-17)14-18-7-11-21(30-4)12-8-18/h5-12,15,19,22,24,26H,13-14H2,1-4H3/t15-,22+,24+/m1/s1. The first-order valence-electron chi connectivity index (χ1n) is 10.3. The Kier molecular flexibility index (Phi) is 7.17. The number of likely N-dealkylation sites (tertiary alicyclic amines) is 1. The first-order chi connectivity index (χ1) is 14.8. The molecule has 2 aromatic carbocycles. The van der Waals surface area contributed by atoms with Crippen molar-refractivity contribution in [2.45, 2.75) is 45.1 Å². The highest BCUT2D eigenvalue weighted by Crippen LogP contribution is 2.35. The van der Waals surface area contributed by atoms with Crippen LogP contribution in [0.5, 0.6) is 11.5 Å². The number of amides is 1. The quantitative estimate of drug-likeness (QED) is 0.489. The van der Waals surface area contributed by atoms with Crippen molar-refractivity contribution in [2.24, 2.45) is 5.92 Å². The van der Waals surface area contributed by atoms with E-state index in [1.165, 1.54) is 6.92 Å². The van der Waals surface area contributed by atoms with Gasteiger partial charge in [-0.1, -0.05) is 24.3 Å². The number of benzene rings is 2. The van der Waals surface area contributed by atoms with Crippen molar-refractivity contribution in [1.29, 1.82) is 0 Å². The fraction of sp³-hybridized carbons (Fsp3) is 0.417. The number of nitrogens with zero attached hydrogens (tertiary/aromatic N) is 1. The molecule has 0 spiro atoms. The second kappa shape index (κ2) is 9.83. The summed E-state index contributed by atoms with van der Waals surface area (Å²) >= 11 is 0. The molecule has 3 atom stereocenters. The number of methoxy groups -OCH3 is 2. The molecule has 1 heterocycles. The van der Waals surface area contributed by atoms with Gasteiger partial charge in [0.25, 0.3) is 0 Å².